The van der Waals surface area contributed by atoms with Gasteiger partial charge >= 0.3 is 0 Å². The highest BCUT2D eigenvalue weighted by atomic mass is 35.5. The summed E-state index contributed by atoms with van der Waals surface area (Å²) in [5.74, 6) is 2.78. The smallest absolute Gasteiger partial charge is 0.180 e. The lowest BCUT2D eigenvalue weighted by Crippen LogP contribution is -2.47. The Hall–Kier alpha value is -1.95. The molecule has 2 nitrogen and oxygen atoms in total. The van der Waals surface area contributed by atoms with Crippen LogP contribution in [0.4, 0.5) is 0 Å². The summed E-state index contributed by atoms with van der Waals surface area (Å²) in [4.78, 5) is 0. The number of fused-ring (bicyclic) bond motifs is 1. The van der Waals surface area contributed by atoms with Gasteiger partial charge in [0.2, 0.25) is 0 Å². The molecule has 0 amide bonds. The Kier molecular flexibility index (Phi) is 2.38. The molecule has 1 aromatic carbocycles. The summed E-state index contributed by atoms with van der Waals surface area (Å²) in [5.41, 5.74) is 8.00. The average Bonchev–Trinajstić information content (AvgIpc) is 3.15. The second kappa shape index (κ2) is 4.02. The van der Waals surface area contributed by atoms with Crippen molar-refractivity contribution in [1.29, 1.82) is 0 Å². The molecule has 0 spiro atoms. The molecule has 3 aliphatic rings. The molecule has 2 heterocycles. The monoisotopic (exact) mass is 281 g/mol. The van der Waals surface area contributed by atoms with Crippen molar-refractivity contribution in [2.45, 2.75) is 18.9 Å². The maximum absolute atomic E-state index is 5.96. The number of hydrogen-bond acceptors (Lipinski definition) is 1. The van der Waals surface area contributed by atoms with Gasteiger partial charge in [-0.25, -0.2) is 5.43 Å². The van der Waals surface area contributed by atoms with E-state index in [0.29, 0.717) is 10.6 Å². The number of halogens is 1. The number of quaternary nitrogens is 1. The van der Waals surface area contributed by atoms with Crippen molar-refractivity contribution in [2.24, 2.45) is 0 Å². The lowest BCUT2D eigenvalue weighted by molar-refractivity contribution is -0.882. The van der Waals surface area contributed by atoms with Gasteiger partial charge in [-0.3, -0.25) is 0 Å². The zero-order valence-corrected chi connectivity index (χ0v) is 11.7. The van der Waals surface area contributed by atoms with Crippen molar-refractivity contribution >= 4 is 17.2 Å². The molecule has 1 unspecified atom stereocenters. The molecule has 1 fully saturated rings. The van der Waals surface area contributed by atoms with Crippen molar-refractivity contribution in [3.63, 3.8) is 0 Å². The van der Waals surface area contributed by atoms with Gasteiger partial charge in [0, 0.05) is 29.5 Å². The molecule has 0 radical (unpaired) electrons. The summed E-state index contributed by atoms with van der Waals surface area (Å²) in [5, 5.41) is 0.758. The zero-order chi connectivity index (χ0) is 13.7. The number of terminal acetylenes is 1. The van der Waals surface area contributed by atoms with Crippen LogP contribution >= 0.6 is 11.6 Å². The molecule has 0 bridgehead atoms. The predicted molar refractivity (Wildman–Crippen MR) is 80.8 cm³/mol. The first kappa shape index (κ1) is 11.8. The molecule has 0 saturated heterocycles. The van der Waals surface area contributed by atoms with Gasteiger partial charge in [-0.2, -0.15) is 4.59 Å². The fourth-order valence-corrected chi connectivity index (χ4v) is 3.14. The van der Waals surface area contributed by atoms with Gasteiger partial charge in [-0.05, 0) is 17.7 Å². The van der Waals surface area contributed by atoms with E-state index < -0.39 is 0 Å². The second-order valence-electron chi connectivity index (χ2n) is 5.46. The lowest BCUT2D eigenvalue weighted by Gasteiger charge is -2.27. The maximum atomic E-state index is 5.96. The number of nitrogens with one attached hydrogen (secondary N) is 1. The molecule has 1 N–H and O–H groups in total. The van der Waals surface area contributed by atoms with E-state index in [0.717, 1.165) is 10.6 Å². The van der Waals surface area contributed by atoms with E-state index in [-0.39, 0.29) is 0 Å². The van der Waals surface area contributed by atoms with Crippen molar-refractivity contribution in [2.75, 3.05) is 0 Å². The van der Waals surface area contributed by atoms with Crippen LogP contribution in [-0.4, -0.2) is 10.6 Å². The molecule has 98 valence electrons. The van der Waals surface area contributed by atoms with Crippen LogP contribution in [0.2, 0.25) is 5.02 Å². The molecule has 0 aromatic heterocycles. The molecule has 1 saturated carbocycles. The normalized spacial score (nSPS) is 27.1. The Balaban J connectivity index is 1.80. The summed E-state index contributed by atoms with van der Waals surface area (Å²) >= 11 is 5.96. The van der Waals surface area contributed by atoms with Crippen LogP contribution in [0.15, 0.2) is 54.0 Å². The van der Waals surface area contributed by atoms with Crippen LogP contribution in [0.3, 0.4) is 0 Å². The lowest BCUT2D eigenvalue weighted by atomic mass is 10.1. The third-order valence-corrected chi connectivity index (χ3v) is 4.44. The second-order valence-corrected chi connectivity index (χ2v) is 5.90. The Labute approximate surface area is 123 Å². The largest absolute Gasteiger partial charge is 0.232 e. The molecular formula is C17H14ClN2+. The van der Waals surface area contributed by atoms with E-state index in [1.54, 1.807) is 0 Å². The Bertz CT molecular complexity index is 714. The standard InChI is InChI=1S/C17H14ClN2/c1-2-12-10-19-20(16-7-8-16)11-14(9-17(12)20)13-3-5-15(18)6-4-13/h1,3-6,9-11,16,19H,7-8H2/q+1. The number of nitrogens with zero attached hydrogens (tertiary/aromatic N) is 1. The molecular weight excluding hydrogens is 268 g/mol. The molecule has 20 heavy (non-hydrogen) atoms. The van der Waals surface area contributed by atoms with E-state index >= 15 is 0 Å². The topological polar surface area (TPSA) is 12.0 Å². The molecule has 1 aromatic rings. The van der Waals surface area contributed by atoms with Gasteiger partial charge in [0.05, 0.1) is 6.20 Å². The Morgan fingerprint density at radius 1 is 1.25 bits per heavy atom. The van der Waals surface area contributed by atoms with Crippen LogP contribution in [0.1, 0.15) is 18.4 Å². The van der Waals surface area contributed by atoms with E-state index in [4.69, 9.17) is 18.0 Å². The van der Waals surface area contributed by atoms with Crippen molar-refractivity contribution in [3.8, 4) is 12.3 Å². The molecule has 2 aliphatic heterocycles. The highest BCUT2D eigenvalue weighted by Crippen LogP contribution is 2.47. The van der Waals surface area contributed by atoms with E-state index in [1.807, 2.05) is 18.3 Å². The van der Waals surface area contributed by atoms with Crippen LogP contribution in [0.25, 0.3) is 5.57 Å². The number of hydrogen-bond donors (Lipinski definition) is 1. The first-order chi connectivity index (χ1) is 9.73. The summed E-state index contributed by atoms with van der Waals surface area (Å²) in [6.07, 6.45) is 14.5. The first-order valence-corrected chi connectivity index (χ1v) is 7.15. The Morgan fingerprint density at radius 2 is 2.00 bits per heavy atom. The third kappa shape index (κ3) is 1.57. The quantitative estimate of drug-likeness (QED) is 0.645. The van der Waals surface area contributed by atoms with Gasteiger partial charge in [0.15, 0.2) is 5.70 Å². The van der Waals surface area contributed by atoms with Gasteiger partial charge in [-0.15, -0.1) is 6.42 Å². The molecule has 1 atom stereocenters. The first-order valence-electron chi connectivity index (χ1n) is 6.77. The van der Waals surface area contributed by atoms with Crippen LogP contribution < -0.4 is 5.43 Å². The summed E-state index contributed by atoms with van der Waals surface area (Å²) in [6, 6.07) is 8.55. The van der Waals surface area contributed by atoms with E-state index in [9.17, 15) is 0 Å². The number of benzene rings is 1. The van der Waals surface area contributed by atoms with Crippen LogP contribution in [0, 0.1) is 12.3 Å². The van der Waals surface area contributed by atoms with Crippen molar-refractivity contribution in [1.82, 2.24) is 5.43 Å². The Morgan fingerprint density at radius 3 is 2.65 bits per heavy atom. The molecule has 3 heteroatoms. The highest BCUT2D eigenvalue weighted by molar-refractivity contribution is 6.30. The molecule has 1 aliphatic carbocycles. The van der Waals surface area contributed by atoms with Gasteiger partial charge in [-0.1, -0.05) is 29.7 Å². The van der Waals surface area contributed by atoms with E-state index in [1.165, 1.54) is 29.7 Å². The van der Waals surface area contributed by atoms with E-state index in [2.05, 4.69) is 35.8 Å². The van der Waals surface area contributed by atoms with Gasteiger partial charge in [0.25, 0.3) is 0 Å². The maximum Gasteiger partial charge on any atom is 0.180 e. The average molecular weight is 282 g/mol. The minimum atomic E-state index is 0.605. The fraction of sp³-hybridized carbons (Fsp3) is 0.176. The van der Waals surface area contributed by atoms with Crippen LogP contribution in [-0.2, 0) is 0 Å². The summed E-state index contributed by atoms with van der Waals surface area (Å²) < 4.78 is 0.692. The number of rotatable bonds is 2. The van der Waals surface area contributed by atoms with Gasteiger partial charge < -0.3 is 0 Å². The van der Waals surface area contributed by atoms with Crippen molar-refractivity contribution in [3.05, 3.63) is 64.6 Å². The molecule has 4 rings (SSSR count). The number of allylic oxidation sites excluding steroid dienone is 3. The van der Waals surface area contributed by atoms with Crippen LogP contribution in [0.5, 0.6) is 0 Å². The highest BCUT2D eigenvalue weighted by Gasteiger charge is 2.53. The fourth-order valence-electron chi connectivity index (χ4n) is 3.01. The minimum absolute atomic E-state index is 0.605. The zero-order valence-electron chi connectivity index (χ0n) is 10.9. The predicted octanol–water partition coefficient (Wildman–Crippen LogP) is 3.59. The summed E-state index contributed by atoms with van der Waals surface area (Å²) in [6.45, 7) is 0. The minimum Gasteiger partial charge on any atom is -0.232 e. The SMILES string of the molecule is C#CC1=CN[N+]2(C3CC3)C=C(c3ccc(Cl)cc3)C=C12. The van der Waals surface area contributed by atoms with Crippen molar-refractivity contribution < 1.29 is 4.59 Å². The third-order valence-electron chi connectivity index (χ3n) is 4.19. The summed E-state index contributed by atoms with van der Waals surface area (Å²) in [7, 11) is 0. The van der Waals surface area contributed by atoms with Gasteiger partial charge in [0.1, 0.15) is 17.8 Å².